The summed E-state index contributed by atoms with van der Waals surface area (Å²) in [6, 6.07) is -1.03. The number of hydrogen-bond donors (Lipinski definition) is 2. The molecule has 2 aliphatic rings. The third-order valence-corrected chi connectivity index (χ3v) is 7.51. The Hall–Kier alpha value is -3.90. The minimum absolute atomic E-state index is 0.0329. The van der Waals surface area contributed by atoms with E-state index in [1.165, 1.54) is 43.2 Å². The predicted molar refractivity (Wildman–Crippen MR) is 153 cm³/mol. The van der Waals surface area contributed by atoms with Crippen molar-refractivity contribution in [3.8, 4) is 0 Å². The summed E-state index contributed by atoms with van der Waals surface area (Å²) < 4.78 is 25.3. The molecule has 43 heavy (non-hydrogen) atoms. The van der Waals surface area contributed by atoms with Gasteiger partial charge in [-0.1, -0.05) is 5.16 Å². The second kappa shape index (κ2) is 15.0. The van der Waals surface area contributed by atoms with Crippen LogP contribution < -0.4 is 10.6 Å². The molecule has 1 saturated heterocycles. The third kappa shape index (κ3) is 8.57. The molecule has 16 nitrogen and oxygen atoms in total. The molecule has 3 rings (SSSR count). The van der Waals surface area contributed by atoms with Gasteiger partial charge in [0.15, 0.2) is 10.8 Å². The molecule has 2 aliphatic heterocycles. The lowest BCUT2D eigenvalue weighted by Gasteiger charge is -2.49. The first-order chi connectivity index (χ1) is 20.4. The number of thioether (sulfide) groups is 1. The number of oxime groups is 1. The summed E-state index contributed by atoms with van der Waals surface area (Å²) in [6.07, 6.45) is -3.83. The van der Waals surface area contributed by atoms with Crippen LogP contribution in [0.15, 0.2) is 21.8 Å². The summed E-state index contributed by atoms with van der Waals surface area (Å²) in [5, 5.41) is 9.79. The summed E-state index contributed by atoms with van der Waals surface area (Å²) in [5.74, 6) is -1.99. The molecular formula is C25H33N5O11S2. The van der Waals surface area contributed by atoms with Crippen LogP contribution in [-0.2, 0) is 42.9 Å². The number of aromatic nitrogens is 1. The maximum Gasteiger partial charge on any atom is 0.511 e. The normalized spacial score (nSPS) is 18.9. The van der Waals surface area contributed by atoms with Gasteiger partial charge in [-0.15, -0.1) is 23.1 Å². The fourth-order valence-corrected chi connectivity index (χ4v) is 5.83. The molecule has 0 aliphatic carbocycles. The van der Waals surface area contributed by atoms with Gasteiger partial charge in [-0.05, 0) is 33.3 Å². The van der Waals surface area contributed by atoms with Crippen molar-refractivity contribution in [1.29, 1.82) is 0 Å². The Balaban J connectivity index is 1.72. The fourth-order valence-electron chi connectivity index (χ4n) is 3.82. The van der Waals surface area contributed by atoms with Gasteiger partial charge >= 0.3 is 18.2 Å². The maximum absolute atomic E-state index is 13.3. The van der Waals surface area contributed by atoms with Gasteiger partial charge in [0.2, 0.25) is 6.29 Å². The van der Waals surface area contributed by atoms with E-state index in [1.807, 2.05) is 0 Å². The number of thiazole rings is 1. The number of anilines is 1. The number of amides is 3. The van der Waals surface area contributed by atoms with Gasteiger partial charge in [-0.25, -0.2) is 19.4 Å². The summed E-state index contributed by atoms with van der Waals surface area (Å²) in [6.45, 7) is 8.00. The van der Waals surface area contributed by atoms with Gasteiger partial charge in [-0.2, -0.15) is 0 Å². The largest absolute Gasteiger partial charge is 0.511 e. The molecule has 0 spiro atoms. The van der Waals surface area contributed by atoms with E-state index in [0.29, 0.717) is 5.57 Å². The number of nitrogens with zero attached hydrogens (tertiary/aromatic N) is 3. The van der Waals surface area contributed by atoms with Crippen LogP contribution in [0.3, 0.4) is 0 Å². The van der Waals surface area contributed by atoms with Crippen molar-refractivity contribution < 1.29 is 52.5 Å². The topological polar surface area (TPSA) is 193 Å². The number of ether oxygens (including phenoxy) is 5. The van der Waals surface area contributed by atoms with Crippen molar-refractivity contribution in [3.63, 3.8) is 0 Å². The van der Waals surface area contributed by atoms with Crippen molar-refractivity contribution in [3.05, 3.63) is 22.3 Å². The monoisotopic (exact) mass is 643 g/mol. The molecule has 3 amide bonds. The van der Waals surface area contributed by atoms with Crippen LogP contribution in [0, 0.1) is 0 Å². The van der Waals surface area contributed by atoms with Gasteiger partial charge in [0.1, 0.15) is 29.9 Å². The lowest BCUT2D eigenvalue weighted by Crippen LogP contribution is -2.71. The van der Waals surface area contributed by atoms with Crippen molar-refractivity contribution in [2.45, 2.75) is 64.5 Å². The number of hydrogen-bond acceptors (Lipinski definition) is 15. The minimum Gasteiger partial charge on any atom is -0.447 e. The number of rotatable bonds is 12. The minimum atomic E-state index is -1.31. The van der Waals surface area contributed by atoms with Crippen LogP contribution in [0.4, 0.5) is 14.7 Å². The van der Waals surface area contributed by atoms with Crippen molar-refractivity contribution in [2.24, 2.45) is 5.16 Å². The average Bonchev–Trinajstić information content (AvgIpc) is 3.36. The van der Waals surface area contributed by atoms with E-state index >= 15 is 0 Å². The molecule has 1 aromatic heterocycles. The van der Waals surface area contributed by atoms with E-state index < -0.39 is 53.8 Å². The first-order valence-corrected chi connectivity index (χ1v) is 14.9. The first-order valence-electron chi connectivity index (χ1n) is 13.0. The zero-order valence-corrected chi connectivity index (χ0v) is 26.2. The fraction of sp³-hybridized carbons (Fsp3) is 0.560. The number of β-lactam (4-membered cyclic amide) rings is 1. The smallest absolute Gasteiger partial charge is 0.447 e. The van der Waals surface area contributed by atoms with Crippen LogP contribution in [-0.4, -0.2) is 102 Å². The van der Waals surface area contributed by atoms with Crippen molar-refractivity contribution >= 4 is 64.0 Å². The number of carbonyl (C=O) groups excluding carboxylic acids is 5. The molecule has 3 heterocycles. The molecular weight excluding hydrogens is 610 g/mol. The van der Waals surface area contributed by atoms with Crippen LogP contribution >= 0.6 is 23.1 Å². The average molecular weight is 644 g/mol. The molecule has 1 fully saturated rings. The summed E-state index contributed by atoms with van der Waals surface area (Å²) >= 11 is 2.33. The second-order valence-corrected chi connectivity index (χ2v) is 11.5. The molecule has 3 unspecified atom stereocenters. The quantitative estimate of drug-likeness (QED) is 0.0842. The lowest BCUT2D eigenvalue weighted by atomic mass is 10.0. The van der Waals surface area contributed by atoms with E-state index in [-0.39, 0.29) is 40.7 Å². The van der Waals surface area contributed by atoms with Crippen LogP contribution in [0.5, 0.6) is 0 Å². The van der Waals surface area contributed by atoms with Crippen molar-refractivity contribution in [2.75, 3.05) is 31.9 Å². The van der Waals surface area contributed by atoms with Crippen LogP contribution in [0.1, 0.15) is 40.3 Å². The van der Waals surface area contributed by atoms with E-state index in [4.69, 9.17) is 28.5 Å². The Morgan fingerprint density at radius 2 is 1.77 bits per heavy atom. The van der Waals surface area contributed by atoms with Gasteiger partial charge < -0.3 is 33.8 Å². The molecule has 236 valence electrons. The SMILES string of the molecule is COCC1=C(C(=O)OC(C)OC(=O)OC(C)C)N2C(=O)C(NC(=O)/C(=N/OC)c3csc(NC(=O)OC(C)C)n3)C2SC1. The Morgan fingerprint density at radius 1 is 1.07 bits per heavy atom. The molecule has 2 N–H and O–H groups in total. The van der Waals surface area contributed by atoms with Crippen LogP contribution in [0.2, 0.25) is 0 Å². The predicted octanol–water partition coefficient (Wildman–Crippen LogP) is 2.20. The summed E-state index contributed by atoms with van der Waals surface area (Å²) in [5.41, 5.74) is 0.248. The molecule has 0 radical (unpaired) electrons. The Labute approximate surface area is 255 Å². The molecule has 18 heteroatoms. The summed E-state index contributed by atoms with van der Waals surface area (Å²) in [4.78, 5) is 73.5. The highest BCUT2D eigenvalue weighted by molar-refractivity contribution is 8.00. The highest BCUT2D eigenvalue weighted by Crippen LogP contribution is 2.41. The Morgan fingerprint density at radius 3 is 2.40 bits per heavy atom. The summed E-state index contributed by atoms with van der Waals surface area (Å²) in [7, 11) is 2.67. The molecule has 0 bridgehead atoms. The Bertz CT molecular complexity index is 1300. The second-order valence-electron chi connectivity index (χ2n) is 9.49. The van der Waals surface area contributed by atoms with Gasteiger partial charge in [0, 0.05) is 25.2 Å². The zero-order valence-electron chi connectivity index (χ0n) is 24.5. The van der Waals surface area contributed by atoms with Crippen molar-refractivity contribution in [1.82, 2.24) is 15.2 Å². The number of methoxy groups -OCH3 is 1. The number of esters is 1. The first kappa shape index (κ1) is 33.6. The van der Waals surface area contributed by atoms with Crippen LogP contribution in [0.25, 0.3) is 0 Å². The highest BCUT2D eigenvalue weighted by atomic mass is 32.2. The van der Waals surface area contributed by atoms with E-state index in [9.17, 15) is 24.0 Å². The maximum atomic E-state index is 13.3. The van der Waals surface area contributed by atoms with Gasteiger partial charge in [0.05, 0.1) is 18.8 Å². The molecule has 1 aromatic rings. The number of nitrogens with one attached hydrogen (secondary N) is 2. The Kier molecular flexibility index (Phi) is 11.7. The van der Waals surface area contributed by atoms with E-state index in [0.717, 1.165) is 11.3 Å². The molecule has 0 saturated carbocycles. The molecule has 0 aromatic carbocycles. The number of carbonyl (C=O) groups is 5. The van der Waals surface area contributed by atoms with E-state index in [2.05, 4.69) is 20.8 Å². The third-order valence-electron chi connectivity index (χ3n) is 5.41. The highest BCUT2D eigenvalue weighted by Gasteiger charge is 2.55. The van der Waals surface area contributed by atoms with Gasteiger partial charge in [0.25, 0.3) is 11.8 Å². The lowest BCUT2D eigenvalue weighted by molar-refractivity contribution is -0.169. The van der Waals surface area contributed by atoms with Gasteiger partial charge in [-0.3, -0.25) is 19.8 Å². The molecule has 3 atom stereocenters. The van der Waals surface area contributed by atoms with E-state index in [1.54, 1.807) is 27.7 Å². The number of fused-ring (bicyclic) bond motifs is 1. The standard InChI is InChI=1S/C25H33N5O11S2/c1-11(2)38-24(34)28-23-26-15(10-43-23)16(29-37-7)19(31)27-17-20(32)30-18(14(8-36-6)9-42-21(17)30)22(33)40-13(5)41-25(35)39-12(3)4/h10-13,17,21H,8-9H2,1-7H3,(H,27,31)(H,26,28,34)/b29-16+. The zero-order chi connectivity index (χ0) is 31.8.